The highest BCUT2D eigenvalue weighted by atomic mass is 16.2. The number of H-pyrrole nitrogens is 1. The van der Waals surface area contributed by atoms with Crippen molar-refractivity contribution in [2.75, 3.05) is 20.1 Å². The van der Waals surface area contributed by atoms with Crippen molar-refractivity contribution in [1.82, 2.24) is 25.4 Å². The highest BCUT2D eigenvalue weighted by molar-refractivity contribution is 5.77. The number of amides is 1. The van der Waals surface area contributed by atoms with Crippen molar-refractivity contribution in [3.63, 3.8) is 0 Å². The molecule has 1 heterocycles. The van der Waals surface area contributed by atoms with Gasteiger partial charge in [-0.1, -0.05) is 6.92 Å². The molecule has 0 bridgehead atoms. The Kier molecular flexibility index (Phi) is 4.06. The zero-order chi connectivity index (χ0) is 10.4. The number of likely N-dealkylation sites (N-methyl/N-ethyl adjacent to an activating group) is 2. The first-order valence-electron chi connectivity index (χ1n) is 4.53. The number of hydrogen-bond donors (Lipinski definition) is 2. The number of hydrogen-bond acceptors (Lipinski definition) is 4. The minimum atomic E-state index is 0.0447. The molecule has 78 valence electrons. The van der Waals surface area contributed by atoms with E-state index in [4.69, 9.17) is 0 Å². The van der Waals surface area contributed by atoms with Crippen LogP contribution in [0.5, 0.6) is 0 Å². The van der Waals surface area contributed by atoms with Crippen molar-refractivity contribution in [3.05, 3.63) is 12.2 Å². The lowest BCUT2D eigenvalue weighted by Crippen LogP contribution is -2.35. The summed E-state index contributed by atoms with van der Waals surface area (Å²) in [4.78, 5) is 17.0. The third kappa shape index (κ3) is 3.14. The van der Waals surface area contributed by atoms with Crippen LogP contribution in [0.3, 0.4) is 0 Å². The van der Waals surface area contributed by atoms with Gasteiger partial charge < -0.3 is 10.2 Å². The van der Waals surface area contributed by atoms with Crippen molar-refractivity contribution in [1.29, 1.82) is 0 Å². The molecule has 1 amide bonds. The van der Waals surface area contributed by atoms with Gasteiger partial charge in [-0.15, -0.1) is 0 Å². The molecule has 0 radical (unpaired) electrons. The minimum Gasteiger partial charge on any atom is -0.337 e. The van der Waals surface area contributed by atoms with Crippen LogP contribution >= 0.6 is 0 Å². The molecule has 2 N–H and O–H groups in total. The summed E-state index contributed by atoms with van der Waals surface area (Å²) >= 11 is 0. The SMILES string of the molecule is CCNCC(=O)N(C)Cc1ncn[nH]1. The van der Waals surface area contributed by atoms with Gasteiger partial charge >= 0.3 is 0 Å². The van der Waals surface area contributed by atoms with Crippen LogP contribution in [0, 0.1) is 0 Å². The van der Waals surface area contributed by atoms with Crippen molar-refractivity contribution in [3.8, 4) is 0 Å². The van der Waals surface area contributed by atoms with E-state index in [0.717, 1.165) is 6.54 Å². The quantitative estimate of drug-likeness (QED) is 0.659. The number of aromatic nitrogens is 3. The highest BCUT2D eigenvalue weighted by Gasteiger charge is 2.09. The van der Waals surface area contributed by atoms with E-state index in [9.17, 15) is 4.79 Å². The maximum atomic E-state index is 11.4. The van der Waals surface area contributed by atoms with Crippen molar-refractivity contribution in [2.45, 2.75) is 13.5 Å². The van der Waals surface area contributed by atoms with Crippen LogP contribution in [0.2, 0.25) is 0 Å². The van der Waals surface area contributed by atoms with Crippen molar-refractivity contribution in [2.24, 2.45) is 0 Å². The summed E-state index contributed by atoms with van der Waals surface area (Å²) in [5.41, 5.74) is 0. The van der Waals surface area contributed by atoms with Crippen LogP contribution < -0.4 is 5.32 Å². The van der Waals surface area contributed by atoms with Gasteiger partial charge in [0.25, 0.3) is 0 Å². The van der Waals surface area contributed by atoms with Gasteiger partial charge in [0.05, 0.1) is 13.1 Å². The summed E-state index contributed by atoms with van der Waals surface area (Å²) in [6, 6.07) is 0. The normalized spacial score (nSPS) is 10.1. The smallest absolute Gasteiger partial charge is 0.236 e. The Morgan fingerprint density at radius 1 is 1.71 bits per heavy atom. The average Bonchev–Trinajstić information content (AvgIpc) is 2.66. The van der Waals surface area contributed by atoms with Gasteiger partial charge in [0, 0.05) is 7.05 Å². The molecule has 6 heteroatoms. The number of carbonyl (C=O) groups is 1. The van der Waals surface area contributed by atoms with Gasteiger partial charge in [0.1, 0.15) is 12.2 Å². The lowest BCUT2D eigenvalue weighted by atomic mass is 10.4. The van der Waals surface area contributed by atoms with E-state index >= 15 is 0 Å². The molecule has 0 saturated carbocycles. The highest BCUT2D eigenvalue weighted by Crippen LogP contribution is 1.93. The Balaban J connectivity index is 2.34. The molecule has 1 aromatic heterocycles. The zero-order valence-electron chi connectivity index (χ0n) is 8.45. The summed E-state index contributed by atoms with van der Waals surface area (Å²) in [5, 5.41) is 9.38. The van der Waals surface area contributed by atoms with Gasteiger partial charge in [-0.05, 0) is 6.54 Å². The van der Waals surface area contributed by atoms with Crippen LogP contribution in [-0.2, 0) is 11.3 Å². The summed E-state index contributed by atoms with van der Waals surface area (Å²) in [6.07, 6.45) is 1.43. The lowest BCUT2D eigenvalue weighted by Gasteiger charge is -2.15. The van der Waals surface area contributed by atoms with Crippen LogP contribution in [0.25, 0.3) is 0 Å². The maximum Gasteiger partial charge on any atom is 0.236 e. The molecule has 0 saturated heterocycles. The number of nitrogens with one attached hydrogen (secondary N) is 2. The van der Waals surface area contributed by atoms with E-state index in [-0.39, 0.29) is 5.91 Å². The first-order chi connectivity index (χ1) is 6.74. The molecule has 0 unspecified atom stereocenters. The van der Waals surface area contributed by atoms with Gasteiger partial charge in [0.15, 0.2) is 0 Å². The first kappa shape index (κ1) is 10.6. The molecular weight excluding hydrogens is 182 g/mol. The van der Waals surface area contributed by atoms with E-state index in [1.54, 1.807) is 11.9 Å². The van der Waals surface area contributed by atoms with Gasteiger partial charge in [-0.25, -0.2) is 4.98 Å². The molecule has 1 rings (SSSR count). The van der Waals surface area contributed by atoms with Crippen LogP contribution in [0.4, 0.5) is 0 Å². The molecule has 1 aromatic rings. The maximum absolute atomic E-state index is 11.4. The lowest BCUT2D eigenvalue weighted by molar-refractivity contribution is -0.129. The fraction of sp³-hybridized carbons (Fsp3) is 0.625. The van der Waals surface area contributed by atoms with E-state index in [2.05, 4.69) is 20.5 Å². The second-order valence-electron chi connectivity index (χ2n) is 2.96. The Morgan fingerprint density at radius 3 is 3.07 bits per heavy atom. The van der Waals surface area contributed by atoms with E-state index < -0.39 is 0 Å². The average molecular weight is 197 g/mol. The summed E-state index contributed by atoms with van der Waals surface area (Å²) in [5.74, 6) is 0.737. The molecule has 0 fully saturated rings. The molecule has 0 aliphatic rings. The standard InChI is InChI=1S/C8H15N5O/c1-3-9-4-8(14)13(2)5-7-10-6-11-12-7/h6,9H,3-5H2,1-2H3,(H,10,11,12). The third-order valence-corrected chi connectivity index (χ3v) is 1.80. The minimum absolute atomic E-state index is 0.0447. The predicted octanol–water partition coefficient (Wildman–Crippen LogP) is -0.627. The Bertz CT molecular complexity index is 271. The molecule has 0 aromatic carbocycles. The Morgan fingerprint density at radius 2 is 2.50 bits per heavy atom. The predicted molar refractivity (Wildman–Crippen MR) is 51.4 cm³/mol. The zero-order valence-corrected chi connectivity index (χ0v) is 8.45. The molecule has 0 atom stereocenters. The molecule has 0 aliphatic heterocycles. The first-order valence-corrected chi connectivity index (χ1v) is 4.53. The summed E-state index contributed by atoms with van der Waals surface area (Å²) in [6.45, 7) is 3.58. The van der Waals surface area contributed by atoms with Crippen LogP contribution in [0.1, 0.15) is 12.7 Å². The fourth-order valence-electron chi connectivity index (χ4n) is 0.987. The monoisotopic (exact) mass is 197 g/mol. The molecule has 0 aliphatic carbocycles. The van der Waals surface area contributed by atoms with Crippen LogP contribution in [0.15, 0.2) is 6.33 Å². The van der Waals surface area contributed by atoms with Crippen molar-refractivity contribution >= 4 is 5.91 Å². The second kappa shape index (κ2) is 5.33. The summed E-state index contributed by atoms with van der Waals surface area (Å²) < 4.78 is 0. The van der Waals surface area contributed by atoms with E-state index in [1.165, 1.54) is 6.33 Å². The molecule has 6 nitrogen and oxygen atoms in total. The number of rotatable bonds is 5. The van der Waals surface area contributed by atoms with Crippen molar-refractivity contribution < 1.29 is 4.79 Å². The van der Waals surface area contributed by atoms with E-state index in [0.29, 0.717) is 18.9 Å². The largest absolute Gasteiger partial charge is 0.337 e. The summed E-state index contributed by atoms with van der Waals surface area (Å²) in [7, 11) is 1.74. The van der Waals surface area contributed by atoms with Gasteiger partial charge in [0.2, 0.25) is 5.91 Å². The Labute approximate surface area is 82.7 Å². The van der Waals surface area contributed by atoms with Gasteiger partial charge in [-0.2, -0.15) is 5.10 Å². The molecular formula is C8H15N5O. The van der Waals surface area contributed by atoms with Gasteiger partial charge in [-0.3, -0.25) is 9.89 Å². The number of aromatic amines is 1. The Hall–Kier alpha value is -1.43. The topological polar surface area (TPSA) is 73.9 Å². The fourth-order valence-corrected chi connectivity index (χ4v) is 0.987. The second-order valence-corrected chi connectivity index (χ2v) is 2.96. The van der Waals surface area contributed by atoms with Crippen LogP contribution in [-0.4, -0.2) is 46.1 Å². The number of carbonyl (C=O) groups excluding carboxylic acids is 1. The molecule has 14 heavy (non-hydrogen) atoms. The van der Waals surface area contributed by atoms with E-state index in [1.807, 2.05) is 6.92 Å². The number of nitrogens with zero attached hydrogens (tertiary/aromatic N) is 3. The third-order valence-electron chi connectivity index (χ3n) is 1.80. The molecule has 0 spiro atoms.